The number of amides is 1. The van der Waals surface area contributed by atoms with E-state index in [1.165, 1.54) is 24.9 Å². The molecule has 3 atom stereocenters. The van der Waals surface area contributed by atoms with E-state index in [1.54, 1.807) is 20.3 Å². The Balaban J connectivity index is 1.37. The van der Waals surface area contributed by atoms with Crippen LogP contribution in [0.5, 0.6) is 11.5 Å². The number of carbonyl (C=O) groups excluding carboxylic acids is 1. The maximum atomic E-state index is 13.0. The number of ether oxygens (including phenoxy) is 3. The van der Waals surface area contributed by atoms with Crippen LogP contribution in [0.2, 0.25) is 0 Å². The number of hydrogen-bond acceptors (Lipinski definition) is 5. The van der Waals surface area contributed by atoms with Crippen molar-refractivity contribution in [2.45, 2.75) is 55.6 Å². The summed E-state index contributed by atoms with van der Waals surface area (Å²) in [6.45, 7) is 3.16. The smallest absolute Gasteiger partial charge is 0.244 e. The van der Waals surface area contributed by atoms with Crippen LogP contribution in [-0.4, -0.2) is 63.4 Å². The molecule has 1 N–H and O–H groups in total. The molecule has 3 aliphatic rings. The minimum Gasteiger partial charge on any atom is -0.497 e. The van der Waals surface area contributed by atoms with Crippen molar-refractivity contribution < 1.29 is 19.0 Å². The number of methoxy groups -OCH3 is 3. The van der Waals surface area contributed by atoms with Gasteiger partial charge in [0, 0.05) is 37.7 Å². The Kier molecular flexibility index (Phi) is 7.59. The minimum atomic E-state index is -0.288. The number of nitrogens with zero attached hydrogens (tertiary/aromatic N) is 1. The van der Waals surface area contributed by atoms with E-state index in [-0.39, 0.29) is 23.0 Å². The zero-order valence-electron chi connectivity index (χ0n) is 22.4. The summed E-state index contributed by atoms with van der Waals surface area (Å²) in [5, 5.41) is 3.31. The molecule has 2 saturated carbocycles. The molecule has 2 aromatic rings. The van der Waals surface area contributed by atoms with Crippen molar-refractivity contribution in [2.75, 3.05) is 41.0 Å². The van der Waals surface area contributed by atoms with Gasteiger partial charge in [-0.1, -0.05) is 24.3 Å². The van der Waals surface area contributed by atoms with Gasteiger partial charge in [-0.15, -0.1) is 0 Å². The molecule has 1 heterocycles. The molecule has 3 unspecified atom stereocenters. The van der Waals surface area contributed by atoms with Crippen LogP contribution in [0.25, 0.3) is 6.08 Å². The van der Waals surface area contributed by atoms with Gasteiger partial charge >= 0.3 is 0 Å². The first-order chi connectivity index (χ1) is 18.0. The molecule has 6 heteroatoms. The molecular weight excluding hydrogens is 464 g/mol. The first-order valence-corrected chi connectivity index (χ1v) is 13.5. The second-order valence-electron chi connectivity index (χ2n) is 11.0. The van der Waals surface area contributed by atoms with Crippen molar-refractivity contribution in [2.24, 2.45) is 5.92 Å². The van der Waals surface area contributed by atoms with Gasteiger partial charge in [0.1, 0.15) is 11.5 Å². The summed E-state index contributed by atoms with van der Waals surface area (Å²) in [7, 11) is 5.25. The van der Waals surface area contributed by atoms with Gasteiger partial charge in [0.15, 0.2) is 0 Å². The molecule has 1 saturated heterocycles. The largest absolute Gasteiger partial charge is 0.497 e. The van der Waals surface area contributed by atoms with E-state index in [2.05, 4.69) is 28.4 Å². The van der Waals surface area contributed by atoms with E-state index in [1.807, 2.05) is 43.5 Å². The van der Waals surface area contributed by atoms with Crippen LogP contribution in [0, 0.1) is 5.92 Å². The second kappa shape index (κ2) is 10.9. The van der Waals surface area contributed by atoms with Crippen molar-refractivity contribution in [3.63, 3.8) is 0 Å². The number of likely N-dealkylation sites (tertiary alicyclic amines) is 1. The third-order valence-electron chi connectivity index (χ3n) is 8.79. The maximum Gasteiger partial charge on any atom is 0.244 e. The molecule has 5 rings (SSSR count). The number of hydrogen-bond donors (Lipinski definition) is 1. The van der Waals surface area contributed by atoms with Gasteiger partial charge in [0.05, 0.1) is 19.8 Å². The summed E-state index contributed by atoms with van der Waals surface area (Å²) in [6, 6.07) is 16.3. The van der Waals surface area contributed by atoms with E-state index in [4.69, 9.17) is 14.2 Å². The van der Waals surface area contributed by atoms with Crippen molar-refractivity contribution in [1.82, 2.24) is 10.2 Å². The molecule has 198 valence electrons. The zero-order chi connectivity index (χ0) is 25.9. The Hall–Kier alpha value is -2.83. The van der Waals surface area contributed by atoms with Gasteiger partial charge in [0.2, 0.25) is 5.91 Å². The lowest BCUT2D eigenvalue weighted by Crippen LogP contribution is -2.68. The van der Waals surface area contributed by atoms with E-state index < -0.39 is 0 Å². The lowest BCUT2D eigenvalue weighted by Gasteiger charge is -2.60. The number of piperidine rings is 1. The fraction of sp³-hybridized carbons (Fsp3) is 0.516. The summed E-state index contributed by atoms with van der Waals surface area (Å²) in [4.78, 5) is 15.6. The lowest BCUT2D eigenvalue weighted by atomic mass is 9.55. The van der Waals surface area contributed by atoms with Gasteiger partial charge in [-0.3, -0.25) is 4.79 Å². The highest BCUT2D eigenvalue weighted by Crippen LogP contribution is 2.54. The molecule has 6 nitrogen and oxygen atoms in total. The van der Waals surface area contributed by atoms with Gasteiger partial charge in [-0.2, -0.15) is 0 Å². The van der Waals surface area contributed by atoms with Crippen LogP contribution in [0.3, 0.4) is 0 Å². The average Bonchev–Trinajstić information content (AvgIpc) is 3.76. The first-order valence-electron chi connectivity index (χ1n) is 13.5. The van der Waals surface area contributed by atoms with Crippen LogP contribution >= 0.6 is 0 Å². The lowest BCUT2D eigenvalue weighted by molar-refractivity contribution is -0.150. The molecule has 37 heavy (non-hydrogen) atoms. The van der Waals surface area contributed by atoms with Crippen LogP contribution < -0.4 is 14.8 Å². The molecule has 1 aliphatic heterocycles. The van der Waals surface area contributed by atoms with Crippen molar-refractivity contribution in [1.29, 1.82) is 0 Å². The number of carbonyl (C=O) groups is 1. The molecule has 2 aliphatic carbocycles. The second-order valence-corrected chi connectivity index (χ2v) is 11.0. The van der Waals surface area contributed by atoms with Crippen LogP contribution in [0.1, 0.15) is 49.7 Å². The molecule has 0 aromatic heterocycles. The summed E-state index contributed by atoms with van der Waals surface area (Å²) in [5.74, 6) is 2.43. The summed E-state index contributed by atoms with van der Waals surface area (Å²) in [5.41, 5.74) is 1.71. The Bertz CT molecular complexity index is 1130. The van der Waals surface area contributed by atoms with Crippen molar-refractivity contribution in [3.05, 3.63) is 65.7 Å². The Labute approximate surface area is 221 Å². The highest BCUT2D eigenvalue weighted by atomic mass is 16.5. The SMILES string of the molecule is COc1cccc(/C=C/C(=O)NC2CCC3(OC)CN(CC4CC4)CCC3(c3cccc(OC)c3)C2)c1. The quantitative estimate of drug-likeness (QED) is 0.496. The van der Waals surface area contributed by atoms with Crippen molar-refractivity contribution >= 4 is 12.0 Å². The van der Waals surface area contributed by atoms with Gasteiger partial charge < -0.3 is 24.4 Å². The highest BCUT2D eigenvalue weighted by molar-refractivity contribution is 5.92. The molecule has 0 radical (unpaired) electrons. The monoisotopic (exact) mass is 504 g/mol. The number of benzene rings is 2. The van der Waals surface area contributed by atoms with E-state index >= 15 is 0 Å². The molecule has 2 aromatic carbocycles. The third kappa shape index (κ3) is 5.41. The van der Waals surface area contributed by atoms with E-state index in [0.717, 1.165) is 61.8 Å². The van der Waals surface area contributed by atoms with Crippen LogP contribution in [0.4, 0.5) is 0 Å². The van der Waals surface area contributed by atoms with Gasteiger partial charge in [0.25, 0.3) is 0 Å². The average molecular weight is 505 g/mol. The summed E-state index contributed by atoms with van der Waals surface area (Å²) in [6.07, 6.45) is 9.85. The molecule has 1 amide bonds. The summed E-state index contributed by atoms with van der Waals surface area (Å²) < 4.78 is 17.4. The molecule has 0 bridgehead atoms. The Morgan fingerprint density at radius 1 is 1.03 bits per heavy atom. The van der Waals surface area contributed by atoms with Gasteiger partial charge in [-0.05, 0) is 92.5 Å². The molecule has 0 spiro atoms. The van der Waals surface area contributed by atoms with Crippen LogP contribution in [-0.2, 0) is 14.9 Å². The highest BCUT2D eigenvalue weighted by Gasteiger charge is 2.59. The number of fused-ring (bicyclic) bond motifs is 1. The maximum absolute atomic E-state index is 13.0. The van der Waals surface area contributed by atoms with Crippen molar-refractivity contribution in [3.8, 4) is 11.5 Å². The minimum absolute atomic E-state index is 0.0651. The topological polar surface area (TPSA) is 60.0 Å². The standard InChI is InChI=1S/C31H40N2O4/c1-35-27-8-4-6-23(18-27)12-13-29(34)32-26-14-15-31(37-3)22-33(21-24-10-11-24)17-16-30(31,20-26)25-7-5-9-28(19-25)36-2/h4-9,12-13,18-19,24,26H,10-11,14-17,20-22H2,1-3H3,(H,32,34)/b13-12+. The Morgan fingerprint density at radius 2 is 1.78 bits per heavy atom. The van der Waals surface area contributed by atoms with Crippen LogP contribution in [0.15, 0.2) is 54.6 Å². The van der Waals surface area contributed by atoms with E-state index in [9.17, 15) is 4.79 Å². The fourth-order valence-electron chi connectivity index (χ4n) is 6.62. The number of rotatable bonds is 9. The normalized spacial score (nSPS) is 28.0. The predicted molar refractivity (Wildman–Crippen MR) is 146 cm³/mol. The number of nitrogens with one attached hydrogen (secondary N) is 1. The first kappa shape index (κ1) is 25.8. The van der Waals surface area contributed by atoms with E-state index in [0.29, 0.717) is 0 Å². The third-order valence-corrected chi connectivity index (χ3v) is 8.79. The van der Waals surface area contributed by atoms with Gasteiger partial charge in [-0.25, -0.2) is 0 Å². The predicted octanol–water partition coefficient (Wildman–Crippen LogP) is 4.82. The summed E-state index contributed by atoms with van der Waals surface area (Å²) >= 11 is 0. The molecule has 3 fully saturated rings. The Morgan fingerprint density at radius 3 is 2.51 bits per heavy atom. The zero-order valence-corrected chi connectivity index (χ0v) is 22.4. The molecular formula is C31H40N2O4. The fourth-order valence-corrected chi connectivity index (χ4v) is 6.62.